The zero-order valence-corrected chi connectivity index (χ0v) is 28.3. The van der Waals surface area contributed by atoms with Crippen molar-refractivity contribution in [2.45, 2.75) is 43.7 Å². The number of likely N-dealkylation sites (tertiary alicyclic amines) is 1. The van der Waals surface area contributed by atoms with Crippen LogP contribution in [0.4, 0.5) is 0 Å². The van der Waals surface area contributed by atoms with Gasteiger partial charge in [-0.3, -0.25) is 9.59 Å². The average molecular weight is 686 g/mol. The topological polar surface area (TPSA) is 155 Å². The molecule has 3 heterocycles. The van der Waals surface area contributed by atoms with Gasteiger partial charge in [0, 0.05) is 40.4 Å². The summed E-state index contributed by atoms with van der Waals surface area (Å²) in [6.07, 6.45) is 2.90. The highest BCUT2D eigenvalue weighted by Crippen LogP contribution is 2.47. The molecule has 6 rings (SSSR count). The number of hydrogen-bond donors (Lipinski definition) is 6. The van der Waals surface area contributed by atoms with Gasteiger partial charge < -0.3 is 40.4 Å². The number of aromatic amines is 1. The molecule has 0 amide bonds. The van der Waals surface area contributed by atoms with Gasteiger partial charge >= 0.3 is 0 Å². The van der Waals surface area contributed by atoms with E-state index in [4.69, 9.17) is 14.6 Å². The summed E-state index contributed by atoms with van der Waals surface area (Å²) in [5.74, 6) is 1.16. The minimum absolute atomic E-state index is 0.0285. The molecule has 1 saturated heterocycles. The molecule has 0 radical (unpaired) electrons. The Balaban J connectivity index is 0.00000151. The van der Waals surface area contributed by atoms with Gasteiger partial charge in [-0.2, -0.15) is 0 Å². The SMILES string of the molecule is CN1CCC(c2cccs2)(c2cc(CCCOc3ccc(CNC[C@H](O)c4ccc(O)c5[nH]c(=O)ccc45)cc3)ccc2O)CC1.O=CO. The van der Waals surface area contributed by atoms with Crippen LogP contribution in [0.1, 0.15) is 52.5 Å². The molecule has 258 valence electrons. The van der Waals surface area contributed by atoms with Crippen LogP contribution in [0.2, 0.25) is 0 Å². The summed E-state index contributed by atoms with van der Waals surface area (Å²) in [7, 11) is 2.17. The predicted molar refractivity (Wildman–Crippen MR) is 192 cm³/mol. The number of thiophene rings is 1. The van der Waals surface area contributed by atoms with Crippen molar-refractivity contribution in [3.8, 4) is 17.2 Å². The monoisotopic (exact) mass is 685 g/mol. The molecule has 49 heavy (non-hydrogen) atoms. The number of phenolic OH excluding ortho intramolecular Hbond substituents is 2. The number of nitrogens with zero attached hydrogens (tertiary/aromatic N) is 1. The van der Waals surface area contributed by atoms with Crippen molar-refractivity contribution in [3.63, 3.8) is 0 Å². The number of aliphatic hydroxyl groups excluding tert-OH is 1. The fraction of sp³-hybridized carbons (Fsp3) is 0.316. The number of nitrogens with one attached hydrogen (secondary N) is 2. The highest BCUT2D eigenvalue weighted by atomic mass is 32.1. The lowest BCUT2D eigenvalue weighted by Gasteiger charge is -2.41. The molecule has 6 N–H and O–H groups in total. The van der Waals surface area contributed by atoms with Crippen LogP contribution in [-0.2, 0) is 23.2 Å². The van der Waals surface area contributed by atoms with Crippen LogP contribution < -0.4 is 15.6 Å². The molecule has 0 spiro atoms. The van der Waals surface area contributed by atoms with Crippen LogP contribution in [0.15, 0.2) is 89.0 Å². The van der Waals surface area contributed by atoms with Crippen LogP contribution in [0, 0.1) is 0 Å². The normalized spacial score (nSPS) is 14.9. The highest BCUT2D eigenvalue weighted by molar-refractivity contribution is 7.10. The molecular formula is C38H43N3O7S. The van der Waals surface area contributed by atoms with E-state index in [2.05, 4.69) is 45.8 Å². The van der Waals surface area contributed by atoms with E-state index in [0.717, 1.165) is 55.6 Å². The van der Waals surface area contributed by atoms with Crippen molar-refractivity contribution in [3.05, 3.63) is 122 Å². The van der Waals surface area contributed by atoms with Crippen LogP contribution in [0.5, 0.6) is 17.2 Å². The second kappa shape index (κ2) is 16.6. The number of carboxylic acid groups (broad SMARTS) is 1. The van der Waals surface area contributed by atoms with E-state index in [1.807, 2.05) is 36.4 Å². The van der Waals surface area contributed by atoms with E-state index < -0.39 is 6.10 Å². The van der Waals surface area contributed by atoms with Gasteiger partial charge in [0.25, 0.3) is 6.47 Å². The maximum atomic E-state index is 11.7. The van der Waals surface area contributed by atoms with E-state index in [9.17, 15) is 20.1 Å². The van der Waals surface area contributed by atoms with E-state index in [-0.39, 0.29) is 23.2 Å². The minimum atomic E-state index is -0.813. The van der Waals surface area contributed by atoms with Gasteiger partial charge in [0.05, 0.1) is 18.2 Å². The van der Waals surface area contributed by atoms with E-state index in [1.54, 1.807) is 23.5 Å². The molecule has 5 aromatic rings. The standard InChI is InChI=1S/C37H41N3O5S.CH2O2/c1-40-18-16-37(17-19-40,34-5-3-21-46-34)30-22-25(8-13-31(30)41)4-2-20-45-27-9-6-26(7-10-27)23-38-24-33(43)28-11-14-32(42)36-29(28)12-15-35(44)39-36;2-1-3/h3,5-15,21-22,33,38,41-43H,2,4,16-20,23-24H2,1H3,(H,39,44);1H,(H,2,3)/t33-;/m0./s1. The molecule has 1 aliphatic heterocycles. The average Bonchev–Trinajstić information content (AvgIpc) is 3.65. The van der Waals surface area contributed by atoms with Gasteiger partial charge in [-0.15, -0.1) is 11.3 Å². The second-order valence-electron chi connectivity index (χ2n) is 12.3. The zero-order valence-electron chi connectivity index (χ0n) is 27.5. The molecule has 0 unspecified atom stereocenters. The number of carbonyl (C=O) groups is 1. The number of aryl methyl sites for hydroxylation is 1. The molecule has 10 nitrogen and oxygen atoms in total. The number of hydrogen-bond acceptors (Lipinski definition) is 9. The molecule has 3 aromatic carbocycles. The molecule has 11 heteroatoms. The first kappa shape index (κ1) is 35.6. The summed E-state index contributed by atoms with van der Waals surface area (Å²) in [5.41, 5.74) is 3.82. The quantitative estimate of drug-likeness (QED) is 0.0733. The summed E-state index contributed by atoms with van der Waals surface area (Å²) in [6, 6.07) is 24.5. The van der Waals surface area contributed by atoms with Gasteiger partial charge in [-0.05, 0) is 104 Å². The lowest BCUT2D eigenvalue weighted by molar-refractivity contribution is -0.122. The first-order valence-electron chi connectivity index (χ1n) is 16.3. The molecule has 1 fully saturated rings. The molecule has 2 aromatic heterocycles. The Kier molecular flexibility index (Phi) is 12.1. The molecule has 1 atom stereocenters. The lowest BCUT2D eigenvalue weighted by Crippen LogP contribution is -2.41. The first-order chi connectivity index (χ1) is 23.7. The number of pyridine rings is 1. The van der Waals surface area contributed by atoms with E-state index >= 15 is 0 Å². The highest BCUT2D eigenvalue weighted by Gasteiger charge is 2.40. The van der Waals surface area contributed by atoms with Crippen LogP contribution in [0.25, 0.3) is 10.9 Å². The summed E-state index contributed by atoms with van der Waals surface area (Å²) >= 11 is 1.78. The van der Waals surface area contributed by atoms with Crippen molar-refractivity contribution in [2.75, 3.05) is 33.3 Å². The van der Waals surface area contributed by atoms with Gasteiger partial charge in [-0.25, -0.2) is 0 Å². The first-order valence-corrected chi connectivity index (χ1v) is 17.2. The van der Waals surface area contributed by atoms with E-state index in [0.29, 0.717) is 41.9 Å². The number of aromatic hydroxyl groups is 2. The van der Waals surface area contributed by atoms with Gasteiger partial charge in [0.2, 0.25) is 5.56 Å². The number of benzene rings is 3. The Morgan fingerprint density at radius 1 is 1.00 bits per heavy atom. The molecule has 0 aliphatic carbocycles. The lowest BCUT2D eigenvalue weighted by atomic mass is 9.71. The summed E-state index contributed by atoms with van der Waals surface area (Å²) in [6.45, 7) is 3.23. The number of aromatic nitrogens is 1. The summed E-state index contributed by atoms with van der Waals surface area (Å²) in [4.78, 5) is 26.4. The van der Waals surface area contributed by atoms with Crippen molar-refractivity contribution in [1.29, 1.82) is 0 Å². The molecular weight excluding hydrogens is 642 g/mol. The molecule has 0 saturated carbocycles. The number of ether oxygens (including phenoxy) is 1. The molecule has 1 aliphatic rings. The second-order valence-corrected chi connectivity index (χ2v) is 13.3. The Labute approximate surface area is 289 Å². The number of fused-ring (bicyclic) bond motifs is 1. The minimum Gasteiger partial charge on any atom is -0.508 e. The van der Waals surface area contributed by atoms with Crippen LogP contribution >= 0.6 is 11.3 Å². The Hall–Kier alpha value is -4.68. The van der Waals surface area contributed by atoms with E-state index in [1.165, 1.54) is 22.6 Å². The van der Waals surface area contributed by atoms with Crippen molar-refractivity contribution in [1.82, 2.24) is 15.2 Å². The fourth-order valence-corrected chi connectivity index (χ4v) is 7.50. The van der Waals surface area contributed by atoms with Crippen LogP contribution in [0.3, 0.4) is 0 Å². The third-order valence-corrected chi connectivity index (χ3v) is 10.2. The third-order valence-electron chi connectivity index (χ3n) is 9.14. The fourth-order valence-electron chi connectivity index (χ4n) is 6.50. The maximum Gasteiger partial charge on any atom is 0.290 e. The Morgan fingerprint density at radius 2 is 1.71 bits per heavy atom. The van der Waals surface area contributed by atoms with Gasteiger partial charge in [0.15, 0.2) is 0 Å². The largest absolute Gasteiger partial charge is 0.508 e. The summed E-state index contributed by atoms with van der Waals surface area (Å²) in [5, 5.41) is 44.8. The third kappa shape index (κ3) is 8.68. The molecule has 0 bridgehead atoms. The Morgan fingerprint density at radius 3 is 2.43 bits per heavy atom. The summed E-state index contributed by atoms with van der Waals surface area (Å²) < 4.78 is 6.04. The van der Waals surface area contributed by atoms with Crippen molar-refractivity contribution < 1.29 is 30.0 Å². The van der Waals surface area contributed by atoms with Crippen molar-refractivity contribution in [2.24, 2.45) is 0 Å². The Bertz CT molecular complexity index is 1870. The van der Waals surface area contributed by atoms with Gasteiger partial charge in [0.1, 0.15) is 17.2 Å². The van der Waals surface area contributed by atoms with Crippen molar-refractivity contribution >= 4 is 28.7 Å². The number of aliphatic hydroxyl groups is 1. The number of piperidine rings is 1. The number of rotatable bonds is 12. The maximum absolute atomic E-state index is 11.7. The number of H-pyrrole nitrogens is 1. The van der Waals surface area contributed by atoms with Crippen LogP contribution in [-0.4, -0.2) is 70.1 Å². The number of phenols is 2. The van der Waals surface area contributed by atoms with Gasteiger partial charge in [-0.1, -0.05) is 36.4 Å². The zero-order chi connectivity index (χ0) is 34.8. The predicted octanol–water partition coefficient (Wildman–Crippen LogP) is 5.55. The smallest absolute Gasteiger partial charge is 0.290 e.